The van der Waals surface area contributed by atoms with E-state index in [1.165, 1.54) is 0 Å². The maximum Gasteiger partial charge on any atom is 0.221 e. The maximum atomic E-state index is 11.8. The number of benzene rings is 1. The lowest BCUT2D eigenvalue weighted by Crippen LogP contribution is -2.27. The third-order valence-electron chi connectivity index (χ3n) is 3.62. The summed E-state index contributed by atoms with van der Waals surface area (Å²) in [6.45, 7) is 1.56. The van der Waals surface area contributed by atoms with Crippen LogP contribution in [0.15, 0.2) is 36.7 Å². The lowest BCUT2D eigenvalue weighted by Gasteiger charge is -2.13. The molecule has 1 aromatic heterocycles. The van der Waals surface area contributed by atoms with Gasteiger partial charge in [-0.05, 0) is 23.3 Å². The highest BCUT2D eigenvalue weighted by atomic mass is 35.5. The fourth-order valence-corrected chi connectivity index (χ4v) is 2.58. The molecule has 0 saturated heterocycles. The lowest BCUT2D eigenvalue weighted by atomic mass is 10.2. The van der Waals surface area contributed by atoms with E-state index in [4.69, 9.17) is 21.1 Å². The second-order valence-corrected chi connectivity index (χ2v) is 5.72. The molecule has 1 aromatic carbocycles. The number of halogens is 1. The van der Waals surface area contributed by atoms with Crippen LogP contribution in [0.4, 0.5) is 0 Å². The minimum absolute atomic E-state index is 0.0187. The van der Waals surface area contributed by atoms with Crippen molar-refractivity contribution in [3.05, 3.63) is 52.8 Å². The van der Waals surface area contributed by atoms with Crippen molar-refractivity contribution >= 4 is 17.5 Å². The van der Waals surface area contributed by atoms with Gasteiger partial charge in [-0.15, -0.1) is 0 Å². The summed E-state index contributed by atoms with van der Waals surface area (Å²) >= 11 is 6.32. The number of carbonyl (C=O) groups is 1. The van der Waals surface area contributed by atoms with Gasteiger partial charge in [0.15, 0.2) is 11.5 Å². The zero-order valence-electron chi connectivity index (χ0n) is 14.3. The van der Waals surface area contributed by atoms with Gasteiger partial charge in [-0.2, -0.15) is 0 Å². The quantitative estimate of drug-likeness (QED) is 0.670. The number of pyridine rings is 1. The van der Waals surface area contributed by atoms with Gasteiger partial charge in [-0.3, -0.25) is 9.78 Å². The summed E-state index contributed by atoms with van der Waals surface area (Å²) in [5, 5.41) is 6.58. The van der Waals surface area contributed by atoms with E-state index in [9.17, 15) is 4.79 Å². The Kier molecular flexibility index (Phi) is 7.50. The molecule has 0 aliphatic rings. The van der Waals surface area contributed by atoms with Crippen molar-refractivity contribution in [2.45, 2.75) is 19.5 Å². The van der Waals surface area contributed by atoms with Crippen LogP contribution in [-0.2, 0) is 17.9 Å². The molecule has 0 atom stereocenters. The van der Waals surface area contributed by atoms with Crippen LogP contribution in [0.25, 0.3) is 0 Å². The normalized spacial score (nSPS) is 10.4. The topological polar surface area (TPSA) is 72.5 Å². The predicted molar refractivity (Wildman–Crippen MR) is 97.0 cm³/mol. The highest BCUT2D eigenvalue weighted by Gasteiger charge is 2.12. The molecule has 2 N–H and O–H groups in total. The summed E-state index contributed by atoms with van der Waals surface area (Å²) in [4.78, 5) is 15.9. The van der Waals surface area contributed by atoms with Crippen LogP contribution in [0.1, 0.15) is 17.5 Å². The molecule has 7 heteroatoms. The molecule has 0 fully saturated rings. The third kappa shape index (κ3) is 5.62. The van der Waals surface area contributed by atoms with Crippen LogP contribution >= 0.6 is 11.6 Å². The molecule has 0 unspecified atom stereocenters. The molecule has 0 bridgehead atoms. The van der Waals surface area contributed by atoms with Gasteiger partial charge < -0.3 is 20.1 Å². The fourth-order valence-electron chi connectivity index (χ4n) is 2.28. The fraction of sp³-hybridized carbons (Fsp3) is 0.333. The van der Waals surface area contributed by atoms with Crippen LogP contribution in [0, 0.1) is 0 Å². The van der Waals surface area contributed by atoms with Gasteiger partial charge in [-0.1, -0.05) is 23.7 Å². The molecule has 25 heavy (non-hydrogen) atoms. The molecule has 0 spiro atoms. The Balaban J connectivity index is 1.75. The minimum atomic E-state index is -0.0187. The smallest absolute Gasteiger partial charge is 0.221 e. The van der Waals surface area contributed by atoms with Crippen molar-refractivity contribution in [3.8, 4) is 11.5 Å². The Hall–Kier alpha value is -2.31. The van der Waals surface area contributed by atoms with E-state index in [0.717, 1.165) is 11.1 Å². The van der Waals surface area contributed by atoms with Crippen molar-refractivity contribution in [3.63, 3.8) is 0 Å². The number of nitrogens with zero attached hydrogens (tertiary/aromatic N) is 1. The Morgan fingerprint density at radius 3 is 2.72 bits per heavy atom. The lowest BCUT2D eigenvalue weighted by molar-refractivity contribution is -0.121. The summed E-state index contributed by atoms with van der Waals surface area (Å²) in [6, 6.07) is 7.45. The van der Waals surface area contributed by atoms with E-state index in [-0.39, 0.29) is 5.91 Å². The average molecular weight is 364 g/mol. The summed E-state index contributed by atoms with van der Waals surface area (Å²) < 4.78 is 10.5. The minimum Gasteiger partial charge on any atom is -0.493 e. The first-order chi connectivity index (χ1) is 12.2. The highest BCUT2D eigenvalue weighted by Crippen LogP contribution is 2.37. The molecule has 1 amide bonds. The van der Waals surface area contributed by atoms with Gasteiger partial charge in [-0.25, -0.2) is 0 Å². The van der Waals surface area contributed by atoms with E-state index in [2.05, 4.69) is 15.6 Å². The number of amides is 1. The largest absolute Gasteiger partial charge is 0.493 e. The van der Waals surface area contributed by atoms with Gasteiger partial charge in [0, 0.05) is 38.4 Å². The second-order valence-electron chi connectivity index (χ2n) is 5.34. The number of rotatable bonds is 9. The molecule has 134 valence electrons. The Labute approximate surface area is 152 Å². The van der Waals surface area contributed by atoms with Gasteiger partial charge in [0.25, 0.3) is 0 Å². The average Bonchev–Trinajstić information content (AvgIpc) is 2.65. The van der Waals surface area contributed by atoms with Crippen molar-refractivity contribution in [2.75, 3.05) is 20.8 Å². The highest BCUT2D eigenvalue weighted by molar-refractivity contribution is 6.33. The van der Waals surface area contributed by atoms with Crippen molar-refractivity contribution in [2.24, 2.45) is 0 Å². The summed E-state index contributed by atoms with van der Waals surface area (Å²) in [5.41, 5.74) is 1.86. The monoisotopic (exact) mass is 363 g/mol. The molecular formula is C18H22ClN3O3. The summed E-state index contributed by atoms with van der Waals surface area (Å²) in [7, 11) is 3.11. The summed E-state index contributed by atoms with van der Waals surface area (Å²) in [5.74, 6) is 1.08. The van der Waals surface area contributed by atoms with Crippen LogP contribution in [-0.4, -0.2) is 31.7 Å². The first kappa shape index (κ1) is 19.0. The van der Waals surface area contributed by atoms with Crippen LogP contribution < -0.4 is 20.1 Å². The van der Waals surface area contributed by atoms with Crippen molar-refractivity contribution < 1.29 is 14.3 Å². The van der Waals surface area contributed by atoms with Crippen LogP contribution in [0.3, 0.4) is 0 Å². The van der Waals surface area contributed by atoms with Crippen molar-refractivity contribution in [1.82, 2.24) is 15.6 Å². The Morgan fingerprint density at radius 1 is 1.20 bits per heavy atom. The molecule has 0 aliphatic heterocycles. The van der Waals surface area contributed by atoms with Crippen LogP contribution in [0.5, 0.6) is 11.5 Å². The number of carbonyl (C=O) groups excluding carboxylic acids is 1. The molecule has 2 aromatic rings. The first-order valence-corrected chi connectivity index (χ1v) is 8.29. The third-order valence-corrected chi connectivity index (χ3v) is 4.04. The zero-order chi connectivity index (χ0) is 18.1. The Morgan fingerprint density at radius 2 is 2.04 bits per heavy atom. The van der Waals surface area contributed by atoms with E-state index in [1.54, 1.807) is 26.6 Å². The van der Waals surface area contributed by atoms with Gasteiger partial charge >= 0.3 is 0 Å². The first-order valence-electron chi connectivity index (χ1n) is 7.91. The summed E-state index contributed by atoms with van der Waals surface area (Å²) in [6.07, 6.45) is 3.82. The number of hydrogen-bond donors (Lipinski definition) is 2. The van der Waals surface area contributed by atoms with Crippen molar-refractivity contribution in [1.29, 1.82) is 0 Å². The standard InChI is InChI=1S/C18H22ClN3O3/c1-24-15-6-5-14(17(19)18(15)25-2)12-21-9-7-16(23)22-11-13-4-3-8-20-10-13/h3-6,8,10,21H,7,9,11-12H2,1-2H3,(H,22,23). The molecule has 0 aliphatic carbocycles. The molecule has 1 heterocycles. The number of nitrogens with one attached hydrogen (secondary N) is 2. The van der Waals surface area contributed by atoms with Gasteiger partial charge in [0.2, 0.25) is 5.91 Å². The number of ether oxygens (including phenoxy) is 2. The molecule has 0 radical (unpaired) electrons. The van der Waals surface area contributed by atoms with Gasteiger partial charge in [0.1, 0.15) is 0 Å². The van der Waals surface area contributed by atoms with E-state index < -0.39 is 0 Å². The van der Waals surface area contributed by atoms with Gasteiger partial charge in [0.05, 0.1) is 19.2 Å². The molecular weight excluding hydrogens is 342 g/mol. The SMILES string of the molecule is COc1ccc(CNCCC(=O)NCc2cccnc2)c(Cl)c1OC. The van der Waals surface area contributed by atoms with E-state index in [0.29, 0.717) is 42.6 Å². The maximum absolute atomic E-state index is 11.8. The Bertz CT molecular complexity index is 695. The molecule has 0 saturated carbocycles. The number of hydrogen-bond acceptors (Lipinski definition) is 5. The van der Waals surface area contributed by atoms with E-state index >= 15 is 0 Å². The molecule has 6 nitrogen and oxygen atoms in total. The zero-order valence-corrected chi connectivity index (χ0v) is 15.1. The molecule has 2 rings (SSSR count). The number of methoxy groups -OCH3 is 2. The predicted octanol–water partition coefficient (Wildman–Crippen LogP) is 2.55. The van der Waals surface area contributed by atoms with Crippen LogP contribution in [0.2, 0.25) is 5.02 Å². The van der Waals surface area contributed by atoms with E-state index in [1.807, 2.05) is 24.3 Å². The number of aromatic nitrogens is 1. The second kappa shape index (κ2) is 9.86.